The van der Waals surface area contributed by atoms with Crippen molar-refractivity contribution in [3.63, 3.8) is 0 Å². The second-order valence-corrected chi connectivity index (χ2v) is 4.68. The van der Waals surface area contributed by atoms with E-state index in [1.165, 1.54) is 12.1 Å². The summed E-state index contributed by atoms with van der Waals surface area (Å²) in [6.07, 6.45) is -0.501. The lowest BCUT2D eigenvalue weighted by Crippen LogP contribution is -2.47. The van der Waals surface area contributed by atoms with Crippen LogP contribution in [0.2, 0.25) is 0 Å². The predicted octanol–water partition coefficient (Wildman–Crippen LogP) is 1.95. The zero-order chi connectivity index (χ0) is 13.1. The first-order valence-corrected chi connectivity index (χ1v) is 5.48. The molecule has 1 rings (SSSR count). The van der Waals surface area contributed by atoms with Gasteiger partial charge in [0.1, 0.15) is 11.9 Å². The summed E-state index contributed by atoms with van der Waals surface area (Å²) in [7, 11) is 0. The van der Waals surface area contributed by atoms with Gasteiger partial charge in [0, 0.05) is 12.1 Å². The first kappa shape index (κ1) is 13.6. The monoisotopic (exact) mass is 236 g/mol. The molecule has 0 amide bonds. The molecule has 3 nitrogen and oxygen atoms in total. The minimum atomic E-state index is -0.508. The maximum Gasteiger partial charge on any atom is 0.140 e. The number of nitrogens with zero attached hydrogens (tertiary/aromatic N) is 1. The number of halogens is 1. The summed E-state index contributed by atoms with van der Waals surface area (Å²) in [6, 6.07) is 6.23. The SMILES string of the molecule is CC(O)C(C)(C)NCc1ccc(F)c(C#N)c1. The smallest absolute Gasteiger partial charge is 0.140 e. The molecule has 2 N–H and O–H groups in total. The quantitative estimate of drug-likeness (QED) is 0.840. The zero-order valence-corrected chi connectivity index (χ0v) is 10.3. The Morgan fingerprint density at radius 3 is 2.71 bits per heavy atom. The van der Waals surface area contributed by atoms with Crippen molar-refractivity contribution in [3.05, 3.63) is 35.1 Å². The average molecular weight is 236 g/mol. The van der Waals surface area contributed by atoms with Crippen molar-refractivity contribution >= 4 is 0 Å². The maximum absolute atomic E-state index is 13.1. The number of hydrogen-bond acceptors (Lipinski definition) is 3. The Bertz CT molecular complexity index is 436. The highest BCUT2D eigenvalue weighted by atomic mass is 19.1. The lowest BCUT2D eigenvalue weighted by atomic mass is 9.98. The Balaban J connectivity index is 2.74. The lowest BCUT2D eigenvalue weighted by molar-refractivity contribution is 0.0956. The van der Waals surface area contributed by atoms with Crippen molar-refractivity contribution in [3.8, 4) is 6.07 Å². The summed E-state index contributed by atoms with van der Waals surface area (Å²) in [5, 5.41) is 21.4. The van der Waals surface area contributed by atoms with E-state index in [1.807, 2.05) is 13.8 Å². The summed E-state index contributed by atoms with van der Waals surface area (Å²) in [4.78, 5) is 0. The third-order valence-corrected chi connectivity index (χ3v) is 2.94. The standard InChI is InChI=1S/C13H17FN2O/c1-9(17)13(2,3)16-8-10-4-5-12(14)11(6-10)7-15/h4-6,9,16-17H,8H2,1-3H3. The molecule has 0 aliphatic rings. The Labute approximate surface area is 101 Å². The summed E-state index contributed by atoms with van der Waals surface area (Å²) in [5.74, 6) is -0.508. The van der Waals surface area contributed by atoms with Crippen LogP contribution < -0.4 is 5.32 Å². The third kappa shape index (κ3) is 3.52. The van der Waals surface area contributed by atoms with Crippen molar-refractivity contribution in [2.45, 2.75) is 39.0 Å². The molecule has 1 unspecified atom stereocenters. The van der Waals surface area contributed by atoms with Crippen LogP contribution in [0.15, 0.2) is 18.2 Å². The molecule has 0 radical (unpaired) electrons. The van der Waals surface area contributed by atoms with Gasteiger partial charge in [-0.05, 0) is 38.5 Å². The number of nitrogens with one attached hydrogen (secondary N) is 1. The summed E-state index contributed by atoms with van der Waals surface area (Å²) >= 11 is 0. The fourth-order valence-electron chi connectivity index (χ4n) is 1.25. The molecule has 0 aliphatic heterocycles. The molecule has 0 fully saturated rings. The Morgan fingerprint density at radius 1 is 1.53 bits per heavy atom. The Hall–Kier alpha value is -1.44. The minimum Gasteiger partial charge on any atom is -0.392 e. The molecule has 4 heteroatoms. The van der Waals surface area contributed by atoms with Gasteiger partial charge in [-0.1, -0.05) is 6.07 Å². The third-order valence-electron chi connectivity index (χ3n) is 2.94. The van der Waals surface area contributed by atoms with Crippen LogP contribution in [0.1, 0.15) is 31.9 Å². The van der Waals surface area contributed by atoms with Gasteiger partial charge in [0.15, 0.2) is 0 Å². The van der Waals surface area contributed by atoms with Gasteiger partial charge in [0.05, 0.1) is 11.7 Å². The van der Waals surface area contributed by atoms with Crippen LogP contribution in [0, 0.1) is 17.1 Å². The van der Waals surface area contributed by atoms with Crippen molar-refractivity contribution < 1.29 is 9.50 Å². The molecule has 0 saturated heterocycles. The molecule has 1 aromatic rings. The van der Waals surface area contributed by atoms with Crippen LogP contribution in [0.3, 0.4) is 0 Å². The van der Waals surface area contributed by atoms with Crippen LogP contribution in [0.4, 0.5) is 4.39 Å². The molecule has 17 heavy (non-hydrogen) atoms. The van der Waals surface area contributed by atoms with E-state index in [2.05, 4.69) is 5.32 Å². The molecular weight excluding hydrogens is 219 g/mol. The van der Waals surface area contributed by atoms with E-state index >= 15 is 0 Å². The number of nitriles is 1. The highest BCUT2D eigenvalue weighted by Gasteiger charge is 2.22. The summed E-state index contributed by atoms with van der Waals surface area (Å²) in [5.41, 5.74) is 0.428. The van der Waals surface area contributed by atoms with E-state index in [0.29, 0.717) is 6.54 Å². The molecular formula is C13H17FN2O. The minimum absolute atomic E-state index is 0.0409. The van der Waals surface area contributed by atoms with Crippen LogP contribution in [-0.4, -0.2) is 16.7 Å². The normalized spacial score (nSPS) is 13.2. The van der Waals surface area contributed by atoms with Crippen molar-refractivity contribution in [1.29, 1.82) is 5.26 Å². The lowest BCUT2D eigenvalue weighted by Gasteiger charge is -2.29. The molecule has 0 heterocycles. The highest BCUT2D eigenvalue weighted by Crippen LogP contribution is 2.13. The van der Waals surface area contributed by atoms with E-state index in [4.69, 9.17) is 5.26 Å². The van der Waals surface area contributed by atoms with Crippen LogP contribution >= 0.6 is 0 Å². The van der Waals surface area contributed by atoms with Crippen molar-refractivity contribution in [1.82, 2.24) is 5.32 Å². The van der Waals surface area contributed by atoms with Gasteiger partial charge in [-0.3, -0.25) is 0 Å². The topological polar surface area (TPSA) is 56.0 Å². The Morgan fingerprint density at radius 2 is 2.18 bits per heavy atom. The van der Waals surface area contributed by atoms with Crippen molar-refractivity contribution in [2.24, 2.45) is 0 Å². The van der Waals surface area contributed by atoms with Gasteiger partial charge in [0.25, 0.3) is 0 Å². The number of aliphatic hydroxyl groups is 1. The van der Waals surface area contributed by atoms with Crippen LogP contribution in [-0.2, 0) is 6.54 Å². The van der Waals surface area contributed by atoms with E-state index in [1.54, 1.807) is 19.1 Å². The number of hydrogen-bond donors (Lipinski definition) is 2. The molecule has 1 atom stereocenters. The van der Waals surface area contributed by atoms with Gasteiger partial charge < -0.3 is 10.4 Å². The molecule has 1 aromatic carbocycles. The molecule has 0 saturated carbocycles. The van der Waals surface area contributed by atoms with Crippen LogP contribution in [0.5, 0.6) is 0 Å². The fraction of sp³-hybridized carbons (Fsp3) is 0.462. The summed E-state index contributed by atoms with van der Waals surface area (Å²) < 4.78 is 13.1. The maximum atomic E-state index is 13.1. The second kappa shape index (κ2) is 5.26. The molecule has 0 spiro atoms. The van der Waals surface area contributed by atoms with Crippen LogP contribution in [0.25, 0.3) is 0 Å². The van der Waals surface area contributed by atoms with E-state index < -0.39 is 17.5 Å². The van der Waals surface area contributed by atoms with Gasteiger partial charge in [-0.25, -0.2) is 4.39 Å². The van der Waals surface area contributed by atoms with Gasteiger partial charge in [0.2, 0.25) is 0 Å². The number of rotatable bonds is 4. The highest BCUT2D eigenvalue weighted by molar-refractivity contribution is 5.34. The van der Waals surface area contributed by atoms with Gasteiger partial charge in [-0.15, -0.1) is 0 Å². The second-order valence-electron chi connectivity index (χ2n) is 4.68. The number of benzene rings is 1. The Kier molecular flexibility index (Phi) is 4.22. The van der Waals surface area contributed by atoms with E-state index in [9.17, 15) is 9.50 Å². The molecule has 92 valence electrons. The first-order chi connectivity index (χ1) is 7.86. The largest absolute Gasteiger partial charge is 0.392 e. The van der Waals surface area contributed by atoms with Gasteiger partial charge in [-0.2, -0.15) is 5.26 Å². The van der Waals surface area contributed by atoms with Gasteiger partial charge >= 0.3 is 0 Å². The van der Waals surface area contributed by atoms with E-state index in [-0.39, 0.29) is 5.56 Å². The van der Waals surface area contributed by atoms with E-state index in [0.717, 1.165) is 5.56 Å². The zero-order valence-electron chi connectivity index (χ0n) is 10.3. The average Bonchev–Trinajstić information content (AvgIpc) is 2.28. The van der Waals surface area contributed by atoms with Crippen molar-refractivity contribution in [2.75, 3.05) is 0 Å². The molecule has 0 aliphatic carbocycles. The number of aliphatic hydroxyl groups excluding tert-OH is 1. The predicted molar refractivity (Wildman–Crippen MR) is 63.7 cm³/mol. The molecule has 0 bridgehead atoms. The molecule has 0 aromatic heterocycles. The summed E-state index contributed by atoms with van der Waals surface area (Å²) in [6.45, 7) is 5.95. The fourth-order valence-corrected chi connectivity index (χ4v) is 1.25. The first-order valence-electron chi connectivity index (χ1n) is 5.48.